The Morgan fingerprint density at radius 1 is 1.47 bits per heavy atom. The second-order valence-corrected chi connectivity index (χ2v) is 5.87. The lowest BCUT2D eigenvalue weighted by molar-refractivity contribution is 0.108. The molecule has 0 aromatic carbocycles. The molecule has 2 nitrogen and oxygen atoms in total. The van der Waals surface area contributed by atoms with Crippen LogP contribution < -0.4 is 5.32 Å². The third-order valence-electron chi connectivity index (χ3n) is 4.42. The summed E-state index contributed by atoms with van der Waals surface area (Å²) < 4.78 is 0. The molecule has 0 aromatic heterocycles. The quantitative estimate of drug-likeness (QED) is 0.814. The maximum absolute atomic E-state index is 5.67. The molecule has 1 saturated heterocycles. The molecule has 0 radical (unpaired) electrons. The highest BCUT2D eigenvalue weighted by Crippen LogP contribution is 2.36. The lowest BCUT2D eigenvalue weighted by Crippen LogP contribution is -2.59. The van der Waals surface area contributed by atoms with Gasteiger partial charge in [0.2, 0.25) is 0 Å². The van der Waals surface area contributed by atoms with E-state index in [-0.39, 0.29) is 0 Å². The molecule has 98 valence electrons. The fourth-order valence-corrected chi connectivity index (χ4v) is 2.93. The van der Waals surface area contributed by atoms with Crippen LogP contribution in [0.2, 0.25) is 0 Å². The lowest BCUT2D eigenvalue weighted by Gasteiger charge is -2.42. The summed E-state index contributed by atoms with van der Waals surface area (Å²) in [5, 5.41) is 3.75. The number of halogens is 1. The van der Waals surface area contributed by atoms with Gasteiger partial charge in [0.1, 0.15) is 0 Å². The van der Waals surface area contributed by atoms with Crippen LogP contribution >= 0.6 is 11.6 Å². The van der Waals surface area contributed by atoms with Gasteiger partial charge in [0.25, 0.3) is 0 Å². The zero-order valence-electron chi connectivity index (χ0n) is 11.0. The van der Waals surface area contributed by atoms with Gasteiger partial charge in [-0.25, -0.2) is 0 Å². The standard InChI is InChI=1S/C14H25ClN2/c1-3-11(2)13-10-17(8-4-7-15)14(9-16-13)12-5-6-12/h4,7,11-14,16H,3,5-6,8-10H2,1-2H3/b7-4+. The van der Waals surface area contributed by atoms with Gasteiger partial charge in [0.15, 0.2) is 0 Å². The molecule has 1 saturated carbocycles. The van der Waals surface area contributed by atoms with Crippen LogP contribution in [0.1, 0.15) is 33.1 Å². The third-order valence-corrected chi connectivity index (χ3v) is 4.59. The van der Waals surface area contributed by atoms with Crippen LogP contribution in [0.4, 0.5) is 0 Å². The summed E-state index contributed by atoms with van der Waals surface area (Å²) in [4.78, 5) is 2.63. The Kier molecular flexibility index (Phi) is 4.89. The van der Waals surface area contributed by atoms with E-state index >= 15 is 0 Å². The number of hydrogen-bond acceptors (Lipinski definition) is 2. The minimum absolute atomic E-state index is 0.652. The number of piperazine rings is 1. The molecule has 1 aliphatic heterocycles. The first kappa shape index (κ1) is 13.4. The van der Waals surface area contributed by atoms with Gasteiger partial charge in [-0.2, -0.15) is 0 Å². The van der Waals surface area contributed by atoms with Gasteiger partial charge in [-0.15, -0.1) is 0 Å². The van der Waals surface area contributed by atoms with Crippen molar-refractivity contribution in [2.24, 2.45) is 11.8 Å². The van der Waals surface area contributed by atoms with Crippen molar-refractivity contribution in [1.82, 2.24) is 10.2 Å². The summed E-state index contributed by atoms with van der Waals surface area (Å²) in [5.74, 6) is 1.70. The second kappa shape index (κ2) is 6.21. The van der Waals surface area contributed by atoms with E-state index in [1.165, 1.54) is 25.8 Å². The van der Waals surface area contributed by atoms with Gasteiger partial charge in [0, 0.05) is 37.3 Å². The van der Waals surface area contributed by atoms with E-state index < -0.39 is 0 Å². The molecule has 0 aromatic rings. The molecule has 3 heteroatoms. The first-order chi connectivity index (χ1) is 8.26. The summed E-state index contributed by atoms with van der Waals surface area (Å²) in [6.45, 7) is 7.99. The lowest BCUT2D eigenvalue weighted by atomic mass is 9.94. The average Bonchev–Trinajstić information content (AvgIpc) is 3.19. The van der Waals surface area contributed by atoms with Gasteiger partial charge >= 0.3 is 0 Å². The molecule has 0 spiro atoms. The van der Waals surface area contributed by atoms with Crippen LogP contribution in [0, 0.1) is 11.8 Å². The van der Waals surface area contributed by atoms with Gasteiger partial charge in [-0.05, 0) is 24.7 Å². The van der Waals surface area contributed by atoms with Crippen LogP contribution in [-0.4, -0.2) is 36.6 Å². The summed E-state index contributed by atoms with van der Waals surface area (Å²) in [6.07, 6.45) is 6.17. The molecule has 2 rings (SSSR count). The zero-order valence-corrected chi connectivity index (χ0v) is 11.8. The Labute approximate surface area is 110 Å². The summed E-state index contributed by atoms with van der Waals surface area (Å²) in [5.41, 5.74) is 1.66. The van der Waals surface area contributed by atoms with Crippen molar-refractivity contribution >= 4 is 11.6 Å². The highest BCUT2D eigenvalue weighted by atomic mass is 35.5. The van der Waals surface area contributed by atoms with Crippen molar-refractivity contribution in [2.45, 2.75) is 45.2 Å². The van der Waals surface area contributed by atoms with E-state index in [0.29, 0.717) is 6.04 Å². The maximum atomic E-state index is 5.67. The van der Waals surface area contributed by atoms with Crippen LogP contribution in [0.15, 0.2) is 11.6 Å². The first-order valence-electron chi connectivity index (χ1n) is 6.99. The zero-order chi connectivity index (χ0) is 12.3. The maximum Gasteiger partial charge on any atom is 0.0252 e. The summed E-state index contributed by atoms with van der Waals surface area (Å²) in [6, 6.07) is 1.39. The van der Waals surface area contributed by atoms with Crippen molar-refractivity contribution in [1.29, 1.82) is 0 Å². The van der Waals surface area contributed by atoms with E-state index in [4.69, 9.17) is 11.6 Å². The molecule has 3 atom stereocenters. The predicted molar refractivity (Wildman–Crippen MR) is 74.3 cm³/mol. The van der Waals surface area contributed by atoms with E-state index in [9.17, 15) is 0 Å². The van der Waals surface area contributed by atoms with Crippen LogP contribution in [-0.2, 0) is 0 Å². The molecule has 2 fully saturated rings. The SMILES string of the molecule is CCC(C)C1CN(C/C=C/Cl)C(C2CC2)CN1. The molecule has 2 aliphatic rings. The minimum atomic E-state index is 0.652. The third kappa shape index (κ3) is 3.46. The molecular weight excluding hydrogens is 232 g/mol. The molecule has 3 unspecified atom stereocenters. The fraction of sp³-hybridized carbons (Fsp3) is 0.857. The van der Waals surface area contributed by atoms with Crippen molar-refractivity contribution in [2.75, 3.05) is 19.6 Å². The highest BCUT2D eigenvalue weighted by molar-refractivity contribution is 6.25. The van der Waals surface area contributed by atoms with E-state index in [0.717, 1.165) is 31.0 Å². The number of rotatable bonds is 5. The van der Waals surface area contributed by atoms with Gasteiger partial charge in [0.05, 0.1) is 0 Å². The Hall–Kier alpha value is -0.0500. The number of nitrogens with one attached hydrogen (secondary N) is 1. The van der Waals surface area contributed by atoms with Crippen molar-refractivity contribution < 1.29 is 0 Å². The van der Waals surface area contributed by atoms with Gasteiger partial charge in [-0.1, -0.05) is 37.9 Å². The summed E-state index contributed by atoms with van der Waals surface area (Å²) in [7, 11) is 0. The Morgan fingerprint density at radius 2 is 2.24 bits per heavy atom. The Bertz CT molecular complexity index is 263. The number of nitrogens with zero attached hydrogens (tertiary/aromatic N) is 1. The van der Waals surface area contributed by atoms with Crippen molar-refractivity contribution in [3.05, 3.63) is 11.6 Å². The molecule has 1 N–H and O–H groups in total. The molecular formula is C14H25ClN2. The first-order valence-corrected chi connectivity index (χ1v) is 7.42. The fourth-order valence-electron chi connectivity index (χ4n) is 2.85. The molecule has 1 heterocycles. The van der Waals surface area contributed by atoms with Gasteiger partial charge < -0.3 is 5.32 Å². The molecule has 0 bridgehead atoms. The van der Waals surface area contributed by atoms with E-state index in [1.54, 1.807) is 5.54 Å². The van der Waals surface area contributed by atoms with Crippen LogP contribution in [0.25, 0.3) is 0 Å². The monoisotopic (exact) mass is 256 g/mol. The Balaban J connectivity index is 1.93. The van der Waals surface area contributed by atoms with Crippen molar-refractivity contribution in [3.8, 4) is 0 Å². The van der Waals surface area contributed by atoms with E-state index in [2.05, 4.69) is 30.1 Å². The smallest absolute Gasteiger partial charge is 0.0252 e. The van der Waals surface area contributed by atoms with Gasteiger partial charge in [-0.3, -0.25) is 4.90 Å². The van der Waals surface area contributed by atoms with E-state index in [1.807, 2.05) is 0 Å². The predicted octanol–water partition coefficient (Wildman–Crippen LogP) is 2.84. The second-order valence-electron chi connectivity index (χ2n) is 5.62. The Morgan fingerprint density at radius 3 is 2.82 bits per heavy atom. The topological polar surface area (TPSA) is 15.3 Å². The molecule has 0 amide bonds. The minimum Gasteiger partial charge on any atom is -0.311 e. The molecule has 1 aliphatic carbocycles. The largest absolute Gasteiger partial charge is 0.311 e. The van der Waals surface area contributed by atoms with Crippen LogP contribution in [0.3, 0.4) is 0 Å². The number of hydrogen-bond donors (Lipinski definition) is 1. The highest BCUT2D eigenvalue weighted by Gasteiger charge is 2.38. The normalized spacial score (nSPS) is 33.1. The average molecular weight is 257 g/mol. The van der Waals surface area contributed by atoms with Crippen molar-refractivity contribution in [3.63, 3.8) is 0 Å². The summed E-state index contributed by atoms with van der Waals surface area (Å²) >= 11 is 5.67. The van der Waals surface area contributed by atoms with Crippen LogP contribution in [0.5, 0.6) is 0 Å². The molecule has 17 heavy (non-hydrogen) atoms.